The SMILES string of the molecule is O=C(NC(=S)Nc1ccc(-c2nc3cc(Cl)ccc3o2)c(O)c1)c1cccc2c(Cl)cccc12. The van der Waals surface area contributed by atoms with Gasteiger partial charge in [-0.1, -0.05) is 47.5 Å². The first-order valence-corrected chi connectivity index (χ1v) is 11.2. The number of aromatic hydroxyl groups is 1. The van der Waals surface area contributed by atoms with Gasteiger partial charge >= 0.3 is 0 Å². The normalized spacial score (nSPS) is 11.0. The Morgan fingerprint density at radius 3 is 2.59 bits per heavy atom. The highest BCUT2D eigenvalue weighted by molar-refractivity contribution is 7.80. The second-order valence-electron chi connectivity index (χ2n) is 7.41. The lowest BCUT2D eigenvalue weighted by atomic mass is 10.0. The van der Waals surface area contributed by atoms with E-state index in [1.165, 1.54) is 6.07 Å². The molecule has 3 N–H and O–H groups in total. The number of aromatic nitrogens is 1. The Bertz CT molecular complexity index is 1600. The van der Waals surface area contributed by atoms with Crippen LogP contribution in [-0.4, -0.2) is 21.1 Å². The van der Waals surface area contributed by atoms with Crippen LogP contribution in [-0.2, 0) is 0 Å². The van der Waals surface area contributed by atoms with Gasteiger partial charge in [0.25, 0.3) is 5.91 Å². The Labute approximate surface area is 209 Å². The monoisotopic (exact) mass is 507 g/mol. The van der Waals surface area contributed by atoms with Crippen molar-refractivity contribution >= 4 is 74.0 Å². The second-order valence-corrected chi connectivity index (χ2v) is 8.66. The lowest BCUT2D eigenvalue weighted by Crippen LogP contribution is -2.34. The molecule has 0 fully saturated rings. The summed E-state index contributed by atoms with van der Waals surface area (Å²) in [5.41, 5.74) is 2.47. The number of halogens is 2. The van der Waals surface area contributed by atoms with Crippen molar-refractivity contribution in [3.8, 4) is 17.2 Å². The molecule has 5 aromatic rings. The number of rotatable bonds is 3. The molecule has 0 unspecified atom stereocenters. The zero-order valence-electron chi connectivity index (χ0n) is 17.3. The minimum absolute atomic E-state index is 0.0690. The van der Waals surface area contributed by atoms with Gasteiger partial charge in [0.2, 0.25) is 5.89 Å². The van der Waals surface area contributed by atoms with Gasteiger partial charge in [0.15, 0.2) is 10.7 Å². The van der Waals surface area contributed by atoms with Crippen LogP contribution in [0.15, 0.2) is 77.2 Å². The fourth-order valence-corrected chi connectivity index (χ4v) is 4.22. The number of nitrogens with zero attached hydrogens (tertiary/aromatic N) is 1. The second kappa shape index (κ2) is 8.95. The summed E-state index contributed by atoms with van der Waals surface area (Å²) in [5, 5.41) is 18.8. The zero-order valence-corrected chi connectivity index (χ0v) is 19.6. The first-order chi connectivity index (χ1) is 16.4. The fraction of sp³-hybridized carbons (Fsp3) is 0. The van der Waals surface area contributed by atoms with Crippen LogP contribution in [0.3, 0.4) is 0 Å². The molecular weight excluding hydrogens is 493 g/mol. The number of amides is 1. The third kappa shape index (κ3) is 4.28. The molecule has 9 heteroatoms. The number of hydrogen-bond acceptors (Lipinski definition) is 5. The number of benzene rings is 4. The molecule has 0 radical (unpaired) electrons. The molecule has 0 aliphatic carbocycles. The summed E-state index contributed by atoms with van der Waals surface area (Å²) >= 11 is 17.5. The van der Waals surface area contributed by atoms with Crippen LogP contribution < -0.4 is 10.6 Å². The molecular formula is C25H15Cl2N3O3S. The van der Waals surface area contributed by atoms with Crippen molar-refractivity contribution in [3.05, 3.63) is 88.4 Å². The molecule has 4 aromatic carbocycles. The lowest BCUT2D eigenvalue weighted by Gasteiger charge is -2.12. The number of nitrogens with one attached hydrogen (secondary N) is 2. The fourth-order valence-electron chi connectivity index (χ4n) is 3.61. The van der Waals surface area contributed by atoms with Crippen molar-refractivity contribution < 1.29 is 14.3 Å². The Balaban J connectivity index is 1.33. The summed E-state index contributed by atoms with van der Waals surface area (Å²) < 4.78 is 5.71. The minimum Gasteiger partial charge on any atom is -0.507 e. The number of carbonyl (C=O) groups excluding carboxylic acids is 1. The highest BCUT2D eigenvalue weighted by Gasteiger charge is 2.15. The quantitative estimate of drug-likeness (QED) is 0.233. The molecule has 0 aliphatic heterocycles. The number of thiocarbonyl (C=S) groups is 1. The van der Waals surface area contributed by atoms with Crippen LogP contribution in [0.25, 0.3) is 33.3 Å². The highest BCUT2D eigenvalue weighted by atomic mass is 35.5. The molecule has 0 bridgehead atoms. The molecule has 1 heterocycles. The average molecular weight is 508 g/mol. The van der Waals surface area contributed by atoms with Crippen molar-refractivity contribution in [2.75, 3.05) is 5.32 Å². The smallest absolute Gasteiger partial charge is 0.258 e. The molecule has 0 saturated carbocycles. The van der Waals surface area contributed by atoms with Crippen molar-refractivity contribution in [2.45, 2.75) is 0 Å². The van der Waals surface area contributed by atoms with E-state index < -0.39 is 0 Å². The van der Waals surface area contributed by atoms with Crippen LogP contribution >= 0.6 is 35.4 Å². The standard InChI is InChI=1S/C25H15Cl2N3O3S/c26-13-7-10-22-20(11-13)29-24(33-22)18-9-8-14(12-21(18)31)28-25(34)30-23(32)17-5-1-4-16-15(17)3-2-6-19(16)27/h1-12,31H,(H2,28,30,32,34). The molecule has 0 spiro atoms. The van der Waals surface area contributed by atoms with Gasteiger partial charge in [-0.25, -0.2) is 4.98 Å². The average Bonchev–Trinajstić information content (AvgIpc) is 3.21. The van der Waals surface area contributed by atoms with Crippen LogP contribution in [0.5, 0.6) is 5.75 Å². The van der Waals surface area contributed by atoms with Crippen molar-refractivity contribution in [1.82, 2.24) is 10.3 Å². The maximum atomic E-state index is 12.8. The summed E-state index contributed by atoms with van der Waals surface area (Å²) in [5.74, 6) is -0.191. The van der Waals surface area contributed by atoms with E-state index in [4.69, 9.17) is 39.8 Å². The van der Waals surface area contributed by atoms with Crippen molar-refractivity contribution in [3.63, 3.8) is 0 Å². The van der Waals surface area contributed by atoms with Gasteiger partial charge in [-0.2, -0.15) is 0 Å². The Morgan fingerprint density at radius 2 is 1.76 bits per heavy atom. The molecule has 168 valence electrons. The Kier molecular flexibility index (Phi) is 5.83. The molecule has 6 nitrogen and oxygen atoms in total. The van der Waals surface area contributed by atoms with Crippen LogP contribution in [0.2, 0.25) is 10.0 Å². The maximum absolute atomic E-state index is 12.8. The number of anilines is 1. The van der Waals surface area contributed by atoms with E-state index >= 15 is 0 Å². The number of fused-ring (bicyclic) bond motifs is 2. The van der Waals surface area contributed by atoms with Crippen LogP contribution in [0.1, 0.15) is 10.4 Å². The molecule has 0 aliphatic rings. The van der Waals surface area contributed by atoms with E-state index in [1.54, 1.807) is 54.6 Å². The van der Waals surface area contributed by atoms with Gasteiger partial charge in [0.05, 0.1) is 5.56 Å². The van der Waals surface area contributed by atoms with Gasteiger partial charge in [-0.05, 0) is 60.1 Å². The maximum Gasteiger partial charge on any atom is 0.258 e. The Hall–Kier alpha value is -3.65. The van der Waals surface area contributed by atoms with E-state index in [2.05, 4.69) is 15.6 Å². The van der Waals surface area contributed by atoms with Crippen molar-refractivity contribution in [2.24, 2.45) is 0 Å². The van der Waals surface area contributed by atoms with Crippen LogP contribution in [0.4, 0.5) is 5.69 Å². The number of hydrogen-bond donors (Lipinski definition) is 3. The molecule has 5 rings (SSSR count). The van der Waals surface area contributed by atoms with E-state index in [1.807, 2.05) is 12.1 Å². The van der Waals surface area contributed by atoms with E-state index in [0.717, 1.165) is 10.8 Å². The Morgan fingerprint density at radius 1 is 0.971 bits per heavy atom. The summed E-state index contributed by atoms with van der Waals surface area (Å²) in [6, 6.07) is 20.6. The molecule has 34 heavy (non-hydrogen) atoms. The van der Waals surface area contributed by atoms with Crippen molar-refractivity contribution in [1.29, 1.82) is 0 Å². The molecule has 1 aromatic heterocycles. The zero-order chi connectivity index (χ0) is 23.8. The lowest BCUT2D eigenvalue weighted by molar-refractivity contribution is 0.0979. The van der Waals surface area contributed by atoms with Gasteiger partial charge in [-0.15, -0.1) is 0 Å². The van der Waals surface area contributed by atoms with Gasteiger partial charge < -0.3 is 14.8 Å². The van der Waals surface area contributed by atoms with E-state index in [9.17, 15) is 9.90 Å². The molecule has 0 atom stereocenters. The number of oxazole rings is 1. The van der Waals surface area contributed by atoms with Gasteiger partial charge in [-0.3, -0.25) is 10.1 Å². The highest BCUT2D eigenvalue weighted by Crippen LogP contribution is 2.33. The topological polar surface area (TPSA) is 87.4 Å². The largest absolute Gasteiger partial charge is 0.507 e. The van der Waals surface area contributed by atoms with Crippen LogP contribution in [0, 0.1) is 0 Å². The third-order valence-electron chi connectivity index (χ3n) is 5.18. The summed E-state index contributed by atoms with van der Waals surface area (Å²) in [7, 11) is 0. The first-order valence-electron chi connectivity index (χ1n) is 10.1. The third-order valence-corrected chi connectivity index (χ3v) is 5.94. The number of carbonyl (C=O) groups is 1. The molecule has 0 saturated heterocycles. The number of phenolic OH excluding ortho intramolecular Hbond substituents is 1. The van der Waals surface area contributed by atoms with E-state index in [0.29, 0.717) is 38.0 Å². The van der Waals surface area contributed by atoms with Gasteiger partial charge in [0.1, 0.15) is 11.3 Å². The van der Waals surface area contributed by atoms with Gasteiger partial charge in [0, 0.05) is 32.7 Å². The summed E-state index contributed by atoms with van der Waals surface area (Å²) in [6.07, 6.45) is 0. The summed E-state index contributed by atoms with van der Waals surface area (Å²) in [6.45, 7) is 0. The number of phenols is 1. The van der Waals surface area contributed by atoms with E-state index in [-0.39, 0.29) is 22.7 Å². The first kappa shape index (κ1) is 22.2. The summed E-state index contributed by atoms with van der Waals surface area (Å²) in [4.78, 5) is 17.2. The predicted molar refractivity (Wildman–Crippen MR) is 139 cm³/mol. The minimum atomic E-state index is -0.378. The molecule has 1 amide bonds. The predicted octanol–water partition coefficient (Wildman–Crippen LogP) is 6.79.